The summed E-state index contributed by atoms with van der Waals surface area (Å²) in [5.74, 6) is 0.0209. The number of carbonyl (C=O) groups excluding carboxylic acids is 1. The molecule has 0 bridgehead atoms. The summed E-state index contributed by atoms with van der Waals surface area (Å²) < 4.78 is 0. The lowest BCUT2D eigenvalue weighted by Gasteiger charge is -2.04. The van der Waals surface area contributed by atoms with Gasteiger partial charge in [0.05, 0.1) is 0 Å². The number of halogens is 1. The Balaban J connectivity index is 2.07. The van der Waals surface area contributed by atoms with Gasteiger partial charge < -0.3 is 0 Å². The zero-order chi connectivity index (χ0) is 14.4. The van der Waals surface area contributed by atoms with Crippen LogP contribution in [0.4, 0.5) is 0 Å². The van der Waals surface area contributed by atoms with Crippen molar-refractivity contribution >= 4 is 17.4 Å². The topological polar surface area (TPSA) is 17.1 Å². The molecule has 0 N–H and O–H groups in total. The normalized spacial score (nSPS) is 10.5. The van der Waals surface area contributed by atoms with Gasteiger partial charge in [-0.15, -0.1) is 0 Å². The molecular formula is C18H19ClO. The molecule has 2 heteroatoms. The third-order valence-electron chi connectivity index (χ3n) is 3.37. The second-order valence-corrected chi connectivity index (χ2v) is 5.43. The van der Waals surface area contributed by atoms with Crippen LogP contribution in [0, 0.1) is 0 Å². The minimum atomic E-state index is 0.0209. The van der Waals surface area contributed by atoms with Crippen molar-refractivity contribution in [2.24, 2.45) is 0 Å². The van der Waals surface area contributed by atoms with Crippen LogP contribution in [-0.4, -0.2) is 5.78 Å². The van der Waals surface area contributed by atoms with E-state index in [9.17, 15) is 4.79 Å². The molecule has 0 aromatic heterocycles. The Labute approximate surface area is 125 Å². The van der Waals surface area contributed by atoms with Crippen LogP contribution in [-0.2, 0) is 6.42 Å². The quantitative estimate of drug-likeness (QED) is 0.520. The maximum absolute atomic E-state index is 12.3. The second-order valence-electron chi connectivity index (χ2n) is 4.99. The first-order valence-electron chi connectivity index (χ1n) is 7.10. The number of hydrogen-bond acceptors (Lipinski definition) is 1. The summed E-state index contributed by atoms with van der Waals surface area (Å²) >= 11 is 5.92. The zero-order valence-corrected chi connectivity index (χ0v) is 12.5. The molecule has 0 atom stereocenters. The van der Waals surface area contributed by atoms with Crippen molar-refractivity contribution in [2.75, 3.05) is 0 Å². The SMILES string of the molecule is CCCCCc1ccc(C(=O)c2cccc(Cl)c2)cc1. The zero-order valence-electron chi connectivity index (χ0n) is 11.7. The molecule has 0 spiro atoms. The van der Waals surface area contributed by atoms with Gasteiger partial charge in [-0.2, -0.15) is 0 Å². The summed E-state index contributed by atoms with van der Waals surface area (Å²) in [6.07, 6.45) is 4.77. The summed E-state index contributed by atoms with van der Waals surface area (Å²) in [4.78, 5) is 12.3. The van der Waals surface area contributed by atoms with E-state index in [0.29, 0.717) is 16.1 Å². The number of hydrogen-bond donors (Lipinski definition) is 0. The van der Waals surface area contributed by atoms with Gasteiger partial charge in [0.15, 0.2) is 5.78 Å². The van der Waals surface area contributed by atoms with E-state index >= 15 is 0 Å². The largest absolute Gasteiger partial charge is 0.289 e. The highest BCUT2D eigenvalue weighted by Crippen LogP contribution is 2.16. The Kier molecular flexibility index (Phi) is 5.37. The van der Waals surface area contributed by atoms with Crippen LogP contribution in [0.2, 0.25) is 5.02 Å². The number of unbranched alkanes of at least 4 members (excludes halogenated alkanes) is 2. The molecule has 0 aliphatic carbocycles. The third kappa shape index (κ3) is 3.94. The summed E-state index contributed by atoms with van der Waals surface area (Å²) in [5.41, 5.74) is 2.64. The lowest BCUT2D eigenvalue weighted by molar-refractivity contribution is 0.103. The standard InChI is InChI=1S/C18H19ClO/c1-2-3-4-6-14-9-11-15(12-10-14)18(20)16-7-5-8-17(19)13-16/h5,7-13H,2-4,6H2,1H3. The van der Waals surface area contributed by atoms with E-state index in [1.165, 1.54) is 24.8 Å². The molecule has 2 rings (SSSR count). The molecule has 104 valence electrons. The number of carbonyl (C=O) groups is 1. The molecule has 0 unspecified atom stereocenters. The van der Waals surface area contributed by atoms with E-state index in [1.807, 2.05) is 24.3 Å². The van der Waals surface area contributed by atoms with Gasteiger partial charge >= 0.3 is 0 Å². The van der Waals surface area contributed by atoms with Gasteiger partial charge in [0.2, 0.25) is 0 Å². The molecule has 0 radical (unpaired) electrons. The monoisotopic (exact) mass is 286 g/mol. The highest BCUT2D eigenvalue weighted by molar-refractivity contribution is 6.31. The summed E-state index contributed by atoms with van der Waals surface area (Å²) in [6, 6.07) is 15.0. The first-order chi connectivity index (χ1) is 9.70. The van der Waals surface area contributed by atoms with Crippen molar-refractivity contribution in [1.29, 1.82) is 0 Å². The summed E-state index contributed by atoms with van der Waals surface area (Å²) in [6.45, 7) is 2.20. The number of benzene rings is 2. The van der Waals surface area contributed by atoms with E-state index in [0.717, 1.165) is 6.42 Å². The first kappa shape index (κ1) is 14.8. The van der Waals surface area contributed by atoms with E-state index in [-0.39, 0.29) is 5.78 Å². The van der Waals surface area contributed by atoms with Crippen LogP contribution in [0.3, 0.4) is 0 Å². The Morgan fingerprint density at radius 2 is 1.75 bits per heavy atom. The molecule has 0 saturated heterocycles. The predicted octanol–water partition coefficient (Wildman–Crippen LogP) is 5.30. The number of aryl methyl sites for hydroxylation is 1. The van der Waals surface area contributed by atoms with E-state index < -0.39 is 0 Å². The Hall–Kier alpha value is -1.60. The van der Waals surface area contributed by atoms with Gasteiger partial charge in [0, 0.05) is 16.1 Å². The van der Waals surface area contributed by atoms with Gasteiger partial charge in [-0.1, -0.05) is 67.8 Å². The molecule has 0 aliphatic rings. The van der Waals surface area contributed by atoms with E-state index in [2.05, 4.69) is 6.92 Å². The van der Waals surface area contributed by atoms with Crippen LogP contribution in [0.1, 0.15) is 47.7 Å². The minimum Gasteiger partial charge on any atom is -0.289 e. The Morgan fingerprint density at radius 1 is 1.00 bits per heavy atom. The molecule has 0 saturated carbocycles. The van der Waals surface area contributed by atoms with Crippen molar-refractivity contribution in [1.82, 2.24) is 0 Å². The van der Waals surface area contributed by atoms with Crippen LogP contribution in [0.25, 0.3) is 0 Å². The summed E-state index contributed by atoms with van der Waals surface area (Å²) in [5, 5.41) is 0.590. The van der Waals surface area contributed by atoms with E-state index in [1.54, 1.807) is 24.3 Å². The third-order valence-corrected chi connectivity index (χ3v) is 3.61. The van der Waals surface area contributed by atoms with Gasteiger partial charge in [0.25, 0.3) is 0 Å². The number of ketones is 1. The lowest BCUT2D eigenvalue weighted by Crippen LogP contribution is -2.01. The summed E-state index contributed by atoms with van der Waals surface area (Å²) in [7, 11) is 0. The number of rotatable bonds is 6. The highest BCUT2D eigenvalue weighted by atomic mass is 35.5. The molecule has 0 aliphatic heterocycles. The maximum Gasteiger partial charge on any atom is 0.193 e. The fraction of sp³-hybridized carbons (Fsp3) is 0.278. The average Bonchev–Trinajstić information content (AvgIpc) is 2.47. The minimum absolute atomic E-state index is 0.0209. The average molecular weight is 287 g/mol. The van der Waals surface area contributed by atoms with Crippen molar-refractivity contribution in [2.45, 2.75) is 32.6 Å². The molecule has 20 heavy (non-hydrogen) atoms. The van der Waals surface area contributed by atoms with Gasteiger partial charge in [-0.25, -0.2) is 0 Å². The molecule has 0 heterocycles. The first-order valence-corrected chi connectivity index (χ1v) is 7.47. The van der Waals surface area contributed by atoms with Gasteiger partial charge in [-0.05, 0) is 30.5 Å². The molecule has 0 fully saturated rings. The maximum atomic E-state index is 12.3. The predicted molar refractivity (Wildman–Crippen MR) is 84.6 cm³/mol. The van der Waals surface area contributed by atoms with Gasteiger partial charge in [-0.3, -0.25) is 4.79 Å². The lowest BCUT2D eigenvalue weighted by atomic mass is 10.0. The van der Waals surface area contributed by atoms with Crippen molar-refractivity contribution in [3.05, 3.63) is 70.2 Å². The van der Waals surface area contributed by atoms with Crippen molar-refractivity contribution in [3.8, 4) is 0 Å². The second kappa shape index (κ2) is 7.25. The molecule has 2 aromatic carbocycles. The van der Waals surface area contributed by atoms with Crippen LogP contribution >= 0.6 is 11.6 Å². The fourth-order valence-corrected chi connectivity index (χ4v) is 2.39. The smallest absolute Gasteiger partial charge is 0.193 e. The molecule has 0 amide bonds. The van der Waals surface area contributed by atoms with Crippen molar-refractivity contribution in [3.63, 3.8) is 0 Å². The van der Waals surface area contributed by atoms with Crippen LogP contribution in [0.5, 0.6) is 0 Å². The molecular weight excluding hydrogens is 268 g/mol. The molecule has 1 nitrogen and oxygen atoms in total. The molecule has 2 aromatic rings. The van der Waals surface area contributed by atoms with Crippen LogP contribution < -0.4 is 0 Å². The van der Waals surface area contributed by atoms with E-state index in [4.69, 9.17) is 11.6 Å². The highest BCUT2D eigenvalue weighted by Gasteiger charge is 2.09. The fourth-order valence-electron chi connectivity index (χ4n) is 2.20. The van der Waals surface area contributed by atoms with Gasteiger partial charge in [0.1, 0.15) is 0 Å². The Morgan fingerprint density at radius 3 is 2.40 bits per heavy atom. The van der Waals surface area contributed by atoms with Crippen molar-refractivity contribution < 1.29 is 4.79 Å². The van der Waals surface area contributed by atoms with Crippen LogP contribution in [0.15, 0.2) is 48.5 Å². The Bertz CT molecular complexity index is 572.